The molecule has 1 aliphatic heterocycles. The molecule has 0 radical (unpaired) electrons. The molecular formula is C25H24ClN3O5. The first-order valence-electron chi connectivity index (χ1n) is 10.7. The molecule has 2 aromatic carbocycles. The number of Topliss-reactive ketones (excluding diaryl/α,β-unsaturated/α-hetero) is 1. The van der Waals surface area contributed by atoms with Gasteiger partial charge in [-0.2, -0.15) is 0 Å². The van der Waals surface area contributed by atoms with Crippen LogP contribution in [0.5, 0.6) is 11.5 Å². The minimum Gasteiger partial charge on any atom is -0.507 e. The van der Waals surface area contributed by atoms with Crippen LogP contribution in [-0.2, 0) is 16.1 Å². The predicted molar refractivity (Wildman–Crippen MR) is 127 cm³/mol. The molecule has 1 N–H and O–H groups in total. The number of halogens is 1. The van der Waals surface area contributed by atoms with Crippen molar-refractivity contribution in [1.29, 1.82) is 0 Å². The monoisotopic (exact) mass is 481 g/mol. The van der Waals surface area contributed by atoms with Crippen LogP contribution in [0.15, 0.2) is 66.8 Å². The van der Waals surface area contributed by atoms with Crippen molar-refractivity contribution in [1.82, 2.24) is 14.5 Å². The first kappa shape index (κ1) is 23.4. The summed E-state index contributed by atoms with van der Waals surface area (Å²) in [5.74, 6) is -0.811. The first-order chi connectivity index (χ1) is 16.5. The Kier molecular flexibility index (Phi) is 6.88. The molecule has 3 aromatic rings. The van der Waals surface area contributed by atoms with Crippen molar-refractivity contribution in [2.24, 2.45) is 0 Å². The molecule has 2 heterocycles. The second-order valence-electron chi connectivity index (χ2n) is 7.74. The number of hydrogen-bond donors (Lipinski definition) is 1. The summed E-state index contributed by atoms with van der Waals surface area (Å²) in [7, 11) is 3.01. The van der Waals surface area contributed by atoms with E-state index < -0.39 is 17.7 Å². The van der Waals surface area contributed by atoms with Crippen LogP contribution in [0.4, 0.5) is 0 Å². The number of ether oxygens (including phenoxy) is 2. The van der Waals surface area contributed by atoms with E-state index >= 15 is 0 Å². The highest BCUT2D eigenvalue weighted by Crippen LogP contribution is 2.43. The van der Waals surface area contributed by atoms with Gasteiger partial charge in [0.05, 0.1) is 37.2 Å². The number of aryl methyl sites for hydroxylation is 1. The predicted octanol–water partition coefficient (Wildman–Crippen LogP) is 4.07. The lowest BCUT2D eigenvalue weighted by Gasteiger charge is -2.26. The van der Waals surface area contributed by atoms with Gasteiger partial charge in [-0.3, -0.25) is 9.59 Å². The van der Waals surface area contributed by atoms with Crippen LogP contribution in [0.25, 0.3) is 5.76 Å². The third-order valence-corrected chi connectivity index (χ3v) is 6.07. The molecule has 0 aliphatic carbocycles. The van der Waals surface area contributed by atoms with Gasteiger partial charge in [0.15, 0.2) is 0 Å². The lowest BCUT2D eigenvalue weighted by molar-refractivity contribution is -0.140. The maximum absolute atomic E-state index is 13.2. The molecule has 0 saturated carbocycles. The normalized spacial score (nSPS) is 17.3. The molecule has 9 heteroatoms. The molecule has 34 heavy (non-hydrogen) atoms. The van der Waals surface area contributed by atoms with Gasteiger partial charge in [-0.1, -0.05) is 29.8 Å². The fourth-order valence-electron chi connectivity index (χ4n) is 4.14. The van der Waals surface area contributed by atoms with Crippen LogP contribution < -0.4 is 9.47 Å². The van der Waals surface area contributed by atoms with Crippen molar-refractivity contribution in [2.75, 3.05) is 20.8 Å². The van der Waals surface area contributed by atoms with Gasteiger partial charge in [0.25, 0.3) is 11.7 Å². The Bertz CT molecular complexity index is 1240. The van der Waals surface area contributed by atoms with Crippen LogP contribution in [0.1, 0.15) is 23.6 Å². The van der Waals surface area contributed by atoms with Gasteiger partial charge >= 0.3 is 0 Å². The van der Waals surface area contributed by atoms with E-state index in [1.54, 1.807) is 48.9 Å². The van der Waals surface area contributed by atoms with Crippen molar-refractivity contribution in [2.45, 2.75) is 19.0 Å². The molecule has 0 bridgehead atoms. The summed E-state index contributed by atoms with van der Waals surface area (Å²) in [6.45, 7) is 0.918. The van der Waals surface area contributed by atoms with E-state index in [9.17, 15) is 14.7 Å². The number of aromatic nitrogens is 2. The molecule has 176 valence electrons. The van der Waals surface area contributed by atoms with Gasteiger partial charge in [-0.15, -0.1) is 0 Å². The van der Waals surface area contributed by atoms with Crippen molar-refractivity contribution >= 4 is 29.1 Å². The molecule has 0 spiro atoms. The van der Waals surface area contributed by atoms with Crippen molar-refractivity contribution < 1.29 is 24.2 Å². The quantitative estimate of drug-likeness (QED) is 0.296. The van der Waals surface area contributed by atoms with Crippen LogP contribution in [0.2, 0.25) is 5.02 Å². The van der Waals surface area contributed by atoms with Crippen LogP contribution >= 0.6 is 11.6 Å². The van der Waals surface area contributed by atoms with Crippen LogP contribution in [0, 0.1) is 0 Å². The van der Waals surface area contributed by atoms with E-state index in [4.69, 9.17) is 21.1 Å². The minimum absolute atomic E-state index is 0.0154. The highest BCUT2D eigenvalue weighted by atomic mass is 35.5. The standard InChI is InChI=1S/C25H24ClN3O5/c1-33-19-7-4-3-6-17(19)22-21(23(30)16-8-9-20(34-2)18(26)14-16)24(31)25(32)29(22)12-5-11-28-13-10-27-15-28/h3-4,6-10,13-15,22,30H,5,11-12H2,1-2H3/b23-21+. The maximum Gasteiger partial charge on any atom is 0.295 e. The number of aliphatic hydroxyl groups is 1. The van der Waals surface area contributed by atoms with Crippen molar-refractivity contribution in [3.63, 3.8) is 0 Å². The SMILES string of the molecule is COc1ccc(/C(O)=C2\C(=O)C(=O)N(CCCn3ccnc3)C2c2ccccc2OC)cc1Cl. The van der Waals surface area contributed by atoms with Crippen LogP contribution in [0.3, 0.4) is 0 Å². The number of para-hydroxylation sites is 1. The summed E-state index contributed by atoms with van der Waals surface area (Å²) in [4.78, 5) is 31.8. The van der Waals surface area contributed by atoms with E-state index in [0.29, 0.717) is 42.1 Å². The largest absolute Gasteiger partial charge is 0.507 e. The number of carbonyl (C=O) groups is 2. The van der Waals surface area contributed by atoms with Gasteiger partial charge in [0.1, 0.15) is 17.3 Å². The number of imidazole rings is 1. The number of likely N-dealkylation sites (tertiary alicyclic amines) is 1. The van der Waals surface area contributed by atoms with Gasteiger partial charge in [-0.05, 0) is 30.7 Å². The molecule has 8 nitrogen and oxygen atoms in total. The Labute approximate surface area is 202 Å². The van der Waals surface area contributed by atoms with Gasteiger partial charge < -0.3 is 24.0 Å². The Balaban J connectivity index is 1.78. The second-order valence-corrected chi connectivity index (χ2v) is 8.15. The zero-order valence-corrected chi connectivity index (χ0v) is 19.5. The number of nitrogens with zero attached hydrogens (tertiary/aromatic N) is 3. The number of amides is 1. The lowest BCUT2D eigenvalue weighted by atomic mass is 9.94. The Morgan fingerprint density at radius 1 is 1.09 bits per heavy atom. The number of rotatable bonds is 8. The maximum atomic E-state index is 13.2. The molecule has 1 unspecified atom stereocenters. The molecule has 4 rings (SSSR count). The molecular weight excluding hydrogens is 458 g/mol. The van der Waals surface area contributed by atoms with E-state index in [1.165, 1.54) is 25.2 Å². The fraction of sp³-hybridized carbons (Fsp3) is 0.240. The van der Waals surface area contributed by atoms with Crippen molar-refractivity contribution in [3.8, 4) is 11.5 Å². The smallest absolute Gasteiger partial charge is 0.295 e. The Morgan fingerprint density at radius 2 is 1.85 bits per heavy atom. The molecule has 1 aliphatic rings. The number of methoxy groups -OCH3 is 2. The van der Waals surface area contributed by atoms with Gasteiger partial charge in [-0.25, -0.2) is 4.98 Å². The zero-order valence-electron chi connectivity index (χ0n) is 18.8. The number of benzene rings is 2. The lowest BCUT2D eigenvalue weighted by Crippen LogP contribution is -2.31. The zero-order chi connectivity index (χ0) is 24.2. The molecule has 1 aromatic heterocycles. The van der Waals surface area contributed by atoms with E-state index in [0.717, 1.165) is 0 Å². The van der Waals surface area contributed by atoms with E-state index in [1.807, 2.05) is 10.8 Å². The summed E-state index contributed by atoms with van der Waals surface area (Å²) in [6, 6.07) is 11.0. The summed E-state index contributed by atoms with van der Waals surface area (Å²) >= 11 is 6.24. The summed E-state index contributed by atoms with van der Waals surface area (Å²) in [6.07, 6.45) is 5.79. The minimum atomic E-state index is -0.820. The summed E-state index contributed by atoms with van der Waals surface area (Å²) < 4.78 is 12.6. The van der Waals surface area contributed by atoms with Crippen molar-refractivity contribution in [3.05, 3.63) is 82.9 Å². The average Bonchev–Trinajstić information content (AvgIpc) is 3.45. The van der Waals surface area contributed by atoms with Crippen LogP contribution in [-0.4, -0.2) is 52.0 Å². The third-order valence-electron chi connectivity index (χ3n) is 5.77. The number of ketones is 1. The van der Waals surface area contributed by atoms with Gasteiger partial charge in [0, 0.05) is 36.6 Å². The highest BCUT2D eigenvalue weighted by Gasteiger charge is 2.46. The average molecular weight is 482 g/mol. The fourth-order valence-corrected chi connectivity index (χ4v) is 4.40. The number of carbonyl (C=O) groups excluding carboxylic acids is 2. The second kappa shape index (κ2) is 10.0. The number of aliphatic hydroxyl groups excluding tert-OH is 1. The highest BCUT2D eigenvalue weighted by molar-refractivity contribution is 6.46. The first-order valence-corrected chi connectivity index (χ1v) is 11.0. The molecule has 1 fully saturated rings. The molecule has 1 amide bonds. The summed E-state index contributed by atoms with van der Waals surface area (Å²) in [5.41, 5.74) is 0.897. The summed E-state index contributed by atoms with van der Waals surface area (Å²) in [5, 5.41) is 11.5. The molecule has 1 atom stereocenters. The van der Waals surface area contributed by atoms with Gasteiger partial charge in [0.2, 0.25) is 0 Å². The molecule has 1 saturated heterocycles. The number of hydrogen-bond acceptors (Lipinski definition) is 6. The topological polar surface area (TPSA) is 93.9 Å². The van der Waals surface area contributed by atoms with E-state index in [2.05, 4.69) is 4.98 Å². The Hall–Kier alpha value is -3.78. The van der Waals surface area contributed by atoms with E-state index in [-0.39, 0.29) is 16.4 Å². The Morgan fingerprint density at radius 3 is 2.53 bits per heavy atom. The third kappa shape index (κ3) is 4.36.